The SMILES string of the molecule is O=S(=O)(c1cc(C(F)(F)F)ccc1Cl)N1CCC[C@@H]1CO. The van der Waals surface area contributed by atoms with Crippen molar-refractivity contribution in [3.05, 3.63) is 28.8 Å². The monoisotopic (exact) mass is 343 g/mol. The summed E-state index contributed by atoms with van der Waals surface area (Å²) in [7, 11) is -4.17. The Morgan fingerprint density at radius 1 is 1.38 bits per heavy atom. The molecule has 1 heterocycles. The number of aliphatic hydroxyl groups excluding tert-OH is 1. The normalized spacial score (nSPS) is 20.9. The highest BCUT2D eigenvalue weighted by molar-refractivity contribution is 7.89. The maximum Gasteiger partial charge on any atom is 0.416 e. The third-order valence-corrected chi connectivity index (χ3v) is 5.81. The lowest BCUT2D eigenvalue weighted by atomic mass is 10.2. The maximum atomic E-state index is 12.7. The van der Waals surface area contributed by atoms with Crippen LogP contribution >= 0.6 is 11.6 Å². The van der Waals surface area contributed by atoms with E-state index in [9.17, 15) is 26.7 Å². The Morgan fingerprint density at radius 2 is 2.05 bits per heavy atom. The summed E-state index contributed by atoms with van der Waals surface area (Å²) in [5.74, 6) is 0. The lowest BCUT2D eigenvalue weighted by molar-refractivity contribution is -0.137. The van der Waals surface area contributed by atoms with E-state index in [0.29, 0.717) is 18.9 Å². The van der Waals surface area contributed by atoms with Crippen LogP contribution in [0.15, 0.2) is 23.1 Å². The van der Waals surface area contributed by atoms with E-state index in [-0.39, 0.29) is 18.2 Å². The van der Waals surface area contributed by atoms with E-state index in [4.69, 9.17) is 11.6 Å². The number of rotatable bonds is 3. The summed E-state index contributed by atoms with van der Waals surface area (Å²) in [6.07, 6.45) is -3.65. The van der Waals surface area contributed by atoms with Crippen molar-refractivity contribution in [3.63, 3.8) is 0 Å². The fraction of sp³-hybridized carbons (Fsp3) is 0.500. The summed E-state index contributed by atoms with van der Waals surface area (Å²) < 4.78 is 64.1. The molecule has 0 bridgehead atoms. The number of hydrogen-bond donors (Lipinski definition) is 1. The second-order valence-electron chi connectivity index (χ2n) is 4.74. The molecule has 0 unspecified atom stereocenters. The summed E-state index contributed by atoms with van der Waals surface area (Å²) in [4.78, 5) is -0.584. The minimum Gasteiger partial charge on any atom is -0.395 e. The van der Waals surface area contributed by atoms with E-state index < -0.39 is 32.7 Å². The van der Waals surface area contributed by atoms with Crippen LogP contribution in [0.4, 0.5) is 13.2 Å². The molecule has 118 valence electrons. The molecule has 21 heavy (non-hydrogen) atoms. The molecule has 0 spiro atoms. The van der Waals surface area contributed by atoms with Crippen LogP contribution in [-0.4, -0.2) is 37.0 Å². The minimum absolute atomic E-state index is 0.153. The summed E-state index contributed by atoms with van der Waals surface area (Å²) in [6.45, 7) is -0.226. The fourth-order valence-corrected chi connectivity index (χ4v) is 4.50. The zero-order chi connectivity index (χ0) is 15.8. The molecule has 0 aromatic heterocycles. The van der Waals surface area contributed by atoms with E-state index in [2.05, 4.69) is 0 Å². The van der Waals surface area contributed by atoms with Crippen LogP contribution in [0.1, 0.15) is 18.4 Å². The van der Waals surface area contributed by atoms with Crippen LogP contribution in [0, 0.1) is 0 Å². The standard InChI is InChI=1S/C12H13ClF3NO3S/c13-10-4-3-8(12(14,15)16)6-11(10)21(19,20)17-5-1-2-9(17)7-18/h3-4,6,9,18H,1-2,5,7H2/t9-/m1/s1. The molecule has 1 aliphatic heterocycles. The molecule has 0 saturated carbocycles. The third-order valence-electron chi connectivity index (χ3n) is 3.38. The van der Waals surface area contributed by atoms with Crippen molar-refractivity contribution in [2.75, 3.05) is 13.2 Å². The Bertz CT molecular complexity index is 633. The number of halogens is 4. The maximum absolute atomic E-state index is 12.7. The smallest absolute Gasteiger partial charge is 0.395 e. The van der Waals surface area contributed by atoms with Gasteiger partial charge in [0.05, 0.1) is 17.2 Å². The van der Waals surface area contributed by atoms with Gasteiger partial charge < -0.3 is 5.11 Å². The zero-order valence-electron chi connectivity index (χ0n) is 10.8. The number of aliphatic hydroxyl groups is 1. The highest BCUT2D eigenvalue weighted by atomic mass is 35.5. The first-order valence-corrected chi connectivity index (χ1v) is 7.99. The third kappa shape index (κ3) is 3.18. The van der Waals surface area contributed by atoms with Gasteiger partial charge in [-0.3, -0.25) is 0 Å². The molecule has 1 aromatic carbocycles. The highest BCUT2D eigenvalue weighted by Gasteiger charge is 2.38. The summed E-state index contributed by atoms with van der Waals surface area (Å²) in [6, 6.07) is 1.56. The molecule has 0 amide bonds. The van der Waals surface area contributed by atoms with Crippen molar-refractivity contribution in [3.8, 4) is 0 Å². The van der Waals surface area contributed by atoms with Gasteiger partial charge in [0, 0.05) is 12.6 Å². The predicted octanol–water partition coefficient (Wildman–Crippen LogP) is 2.50. The molecule has 1 aliphatic rings. The van der Waals surface area contributed by atoms with Gasteiger partial charge in [0.2, 0.25) is 10.0 Å². The molecule has 4 nitrogen and oxygen atoms in total. The van der Waals surface area contributed by atoms with Gasteiger partial charge in [0.25, 0.3) is 0 Å². The molecular formula is C12H13ClF3NO3S. The van der Waals surface area contributed by atoms with Crippen LogP contribution < -0.4 is 0 Å². The highest BCUT2D eigenvalue weighted by Crippen LogP contribution is 2.35. The molecule has 0 radical (unpaired) electrons. The van der Waals surface area contributed by atoms with Crippen molar-refractivity contribution >= 4 is 21.6 Å². The van der Waals surface area contributed by atoms with Crippen LogP contribution in [0.2, 0.25) is 5.02 Å². The van der Waals surface area contributed by atoms with Crippen molar-refractivity contribution in [1.82, 2.24) is 4.31 Å². The number of benzene rings is 1. The number of sulfonamides is 1. The van der Waals surface area contributed by atoms with Crippen molar-refractivity contribution in [2.24, 2.45) is 0 Å². The van der Waals surface area contributed by atoms with Crippen LogP contribution in [-0.2, 0) is 16.2 Å². The first-order valence-electron chi connectivity index (χ1n) is 6.17. The number of alkyl halides is 3. The second-order valence-corrected chi connectivity index (χ2v) is 7.00. The number of nitrogens with zero attached hydrogens (tertiary/aromatic N) is 1. The van der Waals surface area contributed by atoms with Crippen LogP contribution in [0.3, 0.4) is 0 Å². The van der Waals surface area contributed by atoms with Gasteiger partial charge >= 0.3 is 6.18 Å². The Labute approximate surface area is 125 Å². The Kier molecular flexibility index (Phi) is 4.53. The lowest BCUT2D eigenvalue weighted by Gasteiger charge is -2.23. The Hall–Kier alpha value is -0.830. The van der Waals surface area contributed by atoms with Crippen molar-refractivity contribution in [2.45, 2.75) is 30.0 Å². The topological polar surface area (TPSA) is 57.6 Å². The van der Waals surface area contributed by atoms with E-state index in [1.54, 1.807) is 0 Å². The largest absolute Gasteiger partial charge is 0.416 e. The molecule has 1 fully saturated rings. The quantitative estimate of drug-likeness (QED) is 0.917. The van der Waals surface area contributed by atoms with Gasteiger partial charge in [-0.25, -0.2) is 8.42 Å². The molecule has 9 heteroatoms. The summed E-state index contributed by atoms with van der Waals surface area (Å²) in [5.41, 5.74) is -1.08. The Balaban J connectivity index is 2.49. The lowest BCUT2D eigenvalue weighted by Crippen LogP contribution is -2.37. The van der Waals surface area contributed by atoms with E-state index in [1.807, 2.05) is 0 Å². The summed E-state index contributed by atoms with van der Waals surface area (Å²) >= 11 is 5.76. The minimum atomic E-state index is -4.66. The van der Waals surface area contributed by atoms with Crippen LogP contribution in [0.25, 0.3) is 0 Å². The average molecular weight is 344 g/mol. The first kappa shape index (κ1) is 16.5. The van der Waals surface area contributed by atoms with Crippen molar-refractivity contribution < 1.29 is 26.7 Å². The summed E-state index contributed by atoms with van der Waals surface area (Å²) in [5, 5.41) is 8.91. The molecule has 1 atom stereocenters. The molecule has 0 aliphatic carbocycles. The Morgan fingerprint density at radius 3 is 2.62 bits per heavy atom. The van der Waals surface area contributed by atoms with E-state index in [0.717, 1.165) is 16.4 Å². The zero-order valence-corrected chi connectivity index (χ0v) is 12.3. The molecule has 1 saturated heterocycles. The first-order chi connectivity index (χ1) is 9.67. The van der Waals surface area contributed by atoms with Crippen molar-refractivity contribution in [1.29, 1.82) is 0 Å². The molecule has 1 N–H and O–H groups in total. The average Bonchev–Trinajstić information content (AvgIpc) is 2.86. The van der Waals surface area contributed by atoms with Gasteiger partial charge in [-0.05, 0) is 31.0 Å². The molecule has 1 aromatic rings. The van der Waals surface area contributed by atoms with Crippen LogP contribution in [0.5, 0.6) is 0 Å². The molecule has 2 rings (SSSR count). The van der Waals surface area contributed by atoms with Gasteiger partial charge in [-0.15, -0.1) is 0 Å². The number of hydrogen-bond acceptors (Lipinski definition) is 3. The van der Waals surface area contributed by atoms with Gasteiger partial charge in [0.1, 0.15) is 4.90 Å². The van der Waals surface area contributed by atoms with Gasteiger partial charge in [-0.1, -0.05) is 11.6 Å². The predicted molar refractivity (Wildman–Crippen MR) is 70.5 cm³/mol. The fourth-order valence-electron chi connectivity index (χ4n) is 2.31. The van der Waals surface area contributed by atoms with Gasteiger partial charge in [-0.2, -0.15) is 17.5 Å². The molecular weight excluding hydrogens is 331 g/mol. The van der Waals surface area contributed by atoms with E-state index >= 15 is 0 Å². The second kappa shape index (κ2) is 5.75. The van der Waals surface area contributed by atoms with Gasteiger partial charge in [0.15, 0.2) is 0 Å². The van der Waals surface area contributed by atoms with E-state index in [1.165, 1.54) is 0 Å².